The van der Waals surface area contributed by atoms with E-state index in [1.54, 1.807) is 0 Å². The van der Waals surface area contributed by atoms with Crippen molar-refractivity contribution in [3.05, 3.63) is 0 Å². The maximum Gasteiger partial charge on any atom is 0.128 e. The van der Waals surface area contributed by atoms with Crippen molar-refractivity contribution in [2.24, 2.45) is 11.3 Å². The minimum Gasteiger partial charge on any atom is -0.374 e. The number of hydrogen-bond acceptors (Lipinski definition) is 2. The van der Waals surface area contributed by atoms with Gasteiger partial charge in [-0.25, -0.2) is 0 Å². The first-order chi connectivity index (χ1) is 6.16. The van der Waals surface area contributed by atoms with Gasteiger partial charge in [0.1, 0.15) is 6.29 Å². The fraction of sp³-hybridized carbons (Fsp3) is 0.909. The van der Waals surface area contributed by atoms with Gasteiger partial charge in [0.25, 0.3) is 0 Å². The summed E-state index contributed by atoms with van der Waals surface area (Å²) < 4.78 is 5.75. The lowest BCUT2D eigenvalue weighted by Gasteiger charge is -2.31. The number of aldehydes is 1. The summed E-state index contributed by atoms with van der Waals surface area (Å²) in [6.07, 6.45) is 6.01. The molecule has 2 aliphatic rings. The van der Waals surface area contributed by atoms with Gasteiger partial charge in [-0.3, -0.25) is 0 Å². The van der Waals surface area contributed by atoms with E-state index < -0.39 is 0 Å². The summed E-state index contributed by atoms with van der Waals surface area (Å²) in [5, 5.41) is 0. The predicted molar refractivity (Wildman–Crippen MR) is 50.5 cm³/mol. The van der Waals surface area contributed by atoms with E-state index in [9.17, 15) is 4.79 Å². The Morgan fingerprint density at radius 3 is 2.69 bits per heavy atom. The first kappa shape index (κ1) is 9.20. The van der Waals surface area contributed by atoms with Gasteiger partial charge < -0.3 is 9.53 Å². The van der Waals surface area contributed by atoms with Crippen LogP contribution in [0.25, 0.3) is 0 Å². The number of ether oxygens (including phenoxy) is 1. The highest BCUT2D eigenvalue weighted by molar-refractivity contribution is 5.61. The van der Waals surface area contributed by atoms with Crippen molar-refractivity contribution in [3.8, 4) is 0 Å². The van der Waals surface area contributed by atoms with E-state index in [0.717, 1.165) is 25.5 Å². The smallest absolute Gasteiger partial charge is 0.128 e. The maximum atomic E-state index is 11.2. The molecular weight excluding hydrogens is 164 g/mol. The average Bonchev–Trinajstić information content (AvgIpc) is 2.62. The first-order valence-corrected chi connectivity index (χ1v) is 5.28. The summed E-state index contributed by atoms with van der Waals surface area (Å²) in [4.78, 5) is 11.2. The monoisotopic (exact) mass is 182 g/mol. The first-order valence-electron chi connectivity index (χ1n) is 5.28. The van der Waals surface area contributed by atoms with Crippen molar-refractivity contribution in [1.29, 1.82) is 0 Å². The second-order valence-corrected chi connectivity index (χ2v) is 4.98. The predicted octanol–water partition coefficient (Wildman–Crippen LogP) is 2.17. The Labute approximate surface area is 79.7 Å². The minimum atomic E-state index is -0.128. The molecule has 0 N–H and O–H groups in total. The van der Waals surface area contributed by atoms with Gasteiger partial charge >= 0.3 is 0 Å². The van der Waals surface area contributed by atoms with Crippen LogP contribution < -0.4 is 0 Å². The topological polar surface area (TPSA) is 26.3 Å². The number of hydrogen-bond donors (Lipinski definition) is 0. The molecule has 0 amide bonds. The Kier molecular flexibility index (Phi) is 2.18. The van der Waals surface area contributed by atoms with Gasteiger partial charge in [0.2, 0.25) is 0 Å². The minimum absolute atomic E-state index is 0.128. The van der Waals surface area contributed by atoms with Gasteiger partial charge in [0.15, 0.2) is 0 Å². The molecule has 0 aromatic rings. The second kappa shape index (κ2) is 3.09. The standard InChI is InChI=1S/C11H18O2/c1-8(2)5-11(7-12)6-9-3-4-10(11)13-9/h7-10H,3-6H2,1-2H3. The van der Waals surface area contributed by atoms with Crippen molar-refractivity contribution in [2.45, 2.75) is 51.7 Å². The number of carbonyl (C=O) groups is 1. The fourth-order valence-electron chi connectivity index (χ4n) is 2.98. The molecule has 2 bridgehead atoms. The molecule has 0 aliphatic carbocycles. The molecule has 2 rings (SSSR count). The summed E-state index contributed by atoms with van der Waals surface area (Å²) in [6, 6.07) is 0. The summed E-state index contributed by atoms with van der Waals surface area (Å²) in [6.45, 7) is 4.36. The zero-order valence-corrected chi connectivity index (χ0v) is 8.45. The van der Waals surface area contributed by atoms with Gasteiger partial charge in [-0.1, -0.05) is 13.8 Å². The molecule has 74 valence electrons. The molecule has 2 heteroatoms. The molecule has 2 nitrogen and oxygen atoms in total. The molecule has 2 aliphatic heterocycles. The lowest BCUT2D eigenvalue weighted by Crippen LogP contribution is -2.35. The van der Waals surface area contributed by atoms with Crippen molar-refractivity contribution >= 4 is 6.29 Å². The van der Waals surface area contributed by atoms with Crippen LogP contribution in [0.3, 0.4) is 0 Å². The van der Waals surface area contributed by atoms with Gasteiger partial charge in [-0.05, 0) is 31.6 Å². The molecule has 2 saturated heterocycles. The molecule has 3 unspecified atom stereocenters. The van der Waals surface area contributed by atoms with Crippen molar-refractivity contribution in [1.82, 2.24) is 0 Å². The van der Waals surface area contributed by atoms with Crippen molar-refractivity contribution in [2.75, 3.05) is 0 Å². The summed E-state index contributed by atoms with van der Waals surface area (Å²) in [5.41, 5.74) is -0.128. The van der Waals surface area contributed by atoms with Crippen LogP contribution in [0.2, 0.25) is 0 Å². The highest BCUT2D eigenvalue weighted by atomic mass is 16.5. The normalized spacial score (nSPS) is 43.0. The molecule has 0 radical (unpaired) electrons. The van der Waals surface area contributed by atoms with Crippen LogP contribution >= 0.6 is 0 Å². The summed E-state index contributed by atoms with van der Waals surface area (Å²) in [5.74, 6) is 0.591. The Balaban J connectivity index is 2.12. The van der Waals surface area contributed by atoms with Crippen molar-refractivity contribution in [3.63, 3.8) is 0 Å². The van der Waals surface area contributed by atoms with Crippen molar-refractivity contribution < 1.29 is 9.53 Å². The largest absolute Gasteiger partial charge is 0.374 e. The van der Waals surface area contributed by atoms with E-state index in [2.05, 4.69) is 13.8 Å². The Morgan fingerprint density at radius 1 is 1.54 bits per heavy atom. The molecule has 2 heterocycles. The molecule has 0 saturated carbocycles. The third-order valence-corrected chi connectivity index (χ3v) is 3.38. The second-order valence-electron chi connectivity index (χ2n) is 4.98. The molecule has 13 heavy (non-hydrogen) atoms. The third-order valence-electron chi connectivity index (χ3n) is 3.38. The lowest BCUT2D eigenvalue weighted by molar-refractivity contribution is -0.120. The summed E-state index contributed by atoms with van der Waals surface area (Å²) >= 11 is 0. The third kappa shape index (κ3) is 1.41. The van der Waals surface area contributed by atoms with Crippen LogP contribution in [-0.4, -0.2) is 18.5 Å². The van der Waals surface area contributed by atoms with E-state index in [0.29, 0.717) is 12.0 Å². The zero-order valence-electron chi connectivity index (χ0n) is 8.45. The van der Waals surface area contributed by atoms with E-state index in [1.807, 2.05) is 0 Å². The highest BCUT2D eigenvalue weighted by Crippen LogP contribution is 2.49. The van der Waals surface area contributed by atoms with Gasteiger partial charge in [0.05, 0.1) is 17.6 Å². The molecule has 3 atom stereocenters. The van der Waals surface area contributed by atoms with Crippen LogP contribution in [0.4, 0.5) is 0 Å². The van der Waals surface area contributed by atoms with E-state index in [1.165, 1.54) is 6.42 Å². The van der Waals surface area contributed by atoms with E-state index in [4.69, 9.17) is 4.74 Å². The lowest BCUT2D eigenvalue weighted by atomic mass is 9.70. The summed E-state index contributed by atoms with van der Waals surface area (Å²) in [7, 11) is 0. The molecule has 0 aromatic heterocycles. The SMILES string of the molecule is CC(C)CC1(C=O)CC2CCC1O2. The van der Waals surface area contributed by atoms with Crippen LogP contribution in [0.1, 0.15) is 39.5 Å². The van der Waals surface area contributed by atoms with Gasteiger partial charge in [-0.15, -0.1) is 0 Å². The molecule has 2 fully saturated rings. The van der Waals surface area contributed by atoms with E-state index >= 15 is 0 Å². The quantitative estimate of drug-likeness (QED) is 0.625. The Bertz CT molecular complexity index is 212. The average molecular weight is 182 g/mol. The van der Waals surface area contributed by atoms with Gasteiger partial charge in [0, 0.05) is 0 Å². The fourth-order valence-corrected chi connectivity index (χ4v) is 2.98. The van der Waals surface area contributed by atoms with Gasteiger partial charge in [-0.2, -0.15) is 0 Å². The zero-order chi connectivity index (χ0) is 9.47. The van der Waals surface area contributed by atoms with Crippen LogP contribution in [0.15, 0.2) is 0 Å². The number of fused-ring (bicyclic) bond motifs is 2. The number of carbonyl (C=O) groups excluding carboxylic acids is 1. The van der Waals surface area contributed by atoms with E-state index in [-0.39, 0.29) is 11.5 Å². The van der Waals surface area contributed by atoms with Crippen LogP contribution in [-0.2, 0) is 9.53 Å². The maximum absolute atomic E-state index is 11.2. The Morgan fingerprint density at radius 2 is 2.31 bits per heavy atom. The molecule has 0 aromatic carbocycles. The Hall–Kier alpha value is -0.370. The van der Waals surface area contributed by atoms with Crippen LogP contribution in [0.5, 0.6) is 0 Å². The molecule has 0 spiro atoms. The molecular formula is C11H18O2. The highest BCUT2D eigenvalue weighted by Gasteiger charge is 2.52. The van der Waals surface area contributed by atoms with Crippen LogP contribution in [0, 0.1) is 11.3 Å². The number of rotatable bonds is 3.